The lowest BCUT2D eigenvalue weighted by molar-refractivity contribution is -0.320. The molecule has 0 atom stereocenters. The minimum absolute atomic E-state index is 0.0315. The van der Waals surface area contributed by atoms with Gasteiger partial charge in [0.15, 0.2) is 0 Å². The summed E-state index contributed by atoms with van der Waals surface area (Å²) >= 11 is 0. The average Bonchev–Trinajstić information content (AvgIpc) is 2.33. The molecule has 0 aliphatic carbocycles. The van der Waals surface area contributed by atoms with Gasteiger partial charge in [0, 0.05) is 23.9 Å². The highest BCUT2D eigenvalue weighted by Gasteiger charge is 2.44. The van der Waals surface area contributed by atoms with E-state index in [9.17, 15) is 4.79 Å². The van der Waals surface area contributed by atoms with Gasteiger partial charge in [-0.15, -0.1) is 0 Å². The zero-order valence-corrected chi connectivity index (χ0v) is 14.8. The van der Waals surface area contributed by atoms with E-state index >= 15 is 0 Å². The Morgan fingerprint density at radius 2 is 1.67 bits per heavy atom. The van der Waals surface area contributed by atoms with E-state index in [0.29, 0.717) is 0 Å². The molecule has 0 spiro atoms. The van der Waals surface area contributed by atoms with E-state index in [4.69, 9.17) is 14.5 Å². The Labute approximate surface area is 128 Å². The fraction of sp³-hybridized carbons (Fsp3) is 0.938. The lowest BCUT2D eigenvalue weighted by atomic mass is 9.79. The van der Waals surface area contributed by atoms with Crippen molar-refractivity contribution in [2.45, 2.75) is 90.5 Å². The van der Waals surface area contributed by atoms with Gasteiger partial charge in [0.25, 0.3) is 0 Å². The van der Waals surface area contributed by atoms with Crippen LogP contribution in [0.15, 0.2) is 0 Å². The van der Waals surface area contributed by atoms with Gasteiger partial charge < -0.3 is 4.74 Å². The first kappa shape index (κ1) is 18.2. The molecule has 1 rings (SSSR count). The van der Waals surface area contributed by atoms with Crippen LogP contribution in [0.1, 0.15) is 67.7 Å². The van der Waals surface area contributed by atoms with Crippen molar-refractivity contribution in [2.24, 2.45) is 0 Å². The summed E-state index contributed by atoms with van der Waals surface area (Å²) in [6, 6.07) is 0. The van der Waals surface area contributed by atoms with Crippen molar-refractivity contribution >= 4 is 6.16 Å². The number of rotatable bonds is 4. The van der Waals surface area contributed by atoms with E-state index in [1.165, 1.54) is 0 Å². The maximum absolute atomic E-state index is 11.8. The summed E-state index contributed by atoms with van der Waals surface area (Å²) in [4.78, 5) is 24.0. The summed E-state index contributed by atoms with van der Waals surface area (Å²) in [7, 11) is 2.11. The van der Waals surface area contributed by atoms with Crippen LogP contribution < -0.4 is 0 Å². The quantitative estimate of drug-likeness (QED) is 0.447. The van der Waals surface area contributed by atoms with E-state index in [1.807, 2.05) is 20.8 Å². The lowest BCUT2D eigenvalue weighted by Crippen LogP contribution is -2.60. The first-order valence-electron chi connectivity index (χ1n) is 7.70. The van der Waals surface area contributed by atoms with Crippen molar-refractivity contribution in [1.29, 1.82) is 0 Å². The number of hydrogen-bond donors (Lipinski definition) is 0. The molecule has 0 aromatic rings. The highest BCUT2D eigenvalue weighted by atomic mass is 17.2. The fourth-order valence-electron chi connectivity index (χ4n) is 2.72. The lowest BCUT2D eigenvalue weighted by Gasteiger charge is -2.52. The summed E-state index contributed by atoms with van der Waals surface area (Å²) in [6.07, 6.45) is 1.39. The maximum atomic E-state index is 11.8. The molecule has 21 heavy (non-hydrogen) atoms. The Morgan fingerprint density at radius 1 is 1.19 bits per heavy atom. The predicted molar refractivity (Wildman–Crippen MR) is 82.0 cm³/mol. The molecule has 5 heteroatoms. The molecular weight excluding hydrogens is 270 g/mol. The second kappa shape index (κ2) is 6.13. The van der Waals surface area contributed by atoms with Crippen LogP contribution in [-0.4, -0.2) is 40.9 Å². The molecule has 1 heterocycles. The SMILES string of the molecule is CCC(C)(C)OOC(=O)OC1CC(C)(C)N(C)C(C)(C)C1. The second-order valence-corrected chi connectivity index (χ2v) is 7.86. The number of likely N-dealkylation sites (tertiary alicyclic amines) is 1. The molecule has 0 radical (unpaired) electrons. The molecule has 1 aliphatic heterocycles. The maximum Gasteiger partial charge on any atom is 0.540 e. The summed E-state index contributed by atoms with van der Waals surface area (Å²) in [5.41, 5.74) is -0.559. The predicted octanol–water partition coefficient (Wildman–Crippen LogP) is 3.91. The number of piperidine rings is 1. The summed E-state index contributed by atoms with van der Waals surface area (Å²) < 4.78 is 5.44. The van der Waals surface area contributed by atoms with E-state index in [1.54, 1.807) is 0 Å². The number of hydrogen-bond acceptors (Lipinski definition) is 5. The van der Waals surface area contributed by atoms with E-state index in [2.05, 4.69) is 39.6 Å². The van der Waals surface area contributed by atoms with E-state index < -0.39 is 11.8 Å². The Bertz CT molecular complexity index is 358. The van der Waals surface area contributed by atoms with Gasteiger partial charge in [-0.2, -0.15) is 4.89 Å². The van der Waals surface area contributed by atoms with Crippen LogP contribution in [0.4, 0.5) is 4.79 Å². The first-order valence-corrected chi connectivity index (χ1v) is 7.70. The number of nitrogens with zero attached hydrogens (tertiary/aromatic N) is 1. The zero-order chi connectivity index (χ0) is 16.5. The van der Waals surface area contributed by atoms with Crippen molar-refractivity contribution < 1.29 is 19.3 Å². The molecule has 1 saturated heterocycles. The third-order valence-electron chi connectivity index (χ3n) is 4.72. The summed E-state index contributed by atoms with van der Waals surface area (Å²) in [5, 5.41) is 0. The first-order chi connectivity index (χ1) is 9.39. The zero-order valence-electron chi connectivity index (χ0n) is 14.8. The summed E-state index contributed by atoms with van der Waals surface area (Å²) in [5.74, 6) is 0. The average molecular weight is 301 g/mol. The topological polar surface area (TPSA) is 48.0 Å². The summed E-state index contributed by atoms with van der Waals surface area (Å²) in [6.45, 7) is 14.3. The van der Waals surface area contributed by atoms with Crippen LogP contribution in [0.25, 0.3) is 0 Å². The minimum atomic E-state index is -0.752. The molecule has 0 N–H and O–H groups in total. The monoisotopic (exact) mass is 301 g/mol. The van der Waals surface area contributed by atoms with Gasteiger partial charge in [-0.25, -0.2) is 4.79 Å². The van der Waals surface area contributed by atoms with Gasteiger partial charge in [-0.1, -0.05) is 6.92 Å². The van der Waals surface area contributed by atoms with E-state index in [0.717, 1.165) is 19.3 Å². The molecule has 0 aromatic carbocycles. The number of carbonyl (C=O) groups excluding carboxylic acids is 1. The van der Waals surface area contributed by atoms with Gasteiger partial charge in [0.1, 0.15) is 11.7 Å². The molecule has 1 aliphatic rings. The number of carbonyl (C=O) groups is 1. The van der Waals surface area contributed by atoms with Crippen molar-refractivity contribution in [3.8, 4) is 0 Å². The highest BCUT2D eigenvalue weighted by Crippen LogP contribution is 2.38. The van der Waals surface area contributed by atoms with E-state index in [-0.39, 0.29) is 17.2 Å². The molecule has 0 aromatic heterocycles. The Balaban J connectivity index is 2.57. The van der Waals surface area contributed by atoms with Crippen molar-refractivity contribution in [3.63, 3.8) is 0 Å². The third kappa shape index (κ3) is 4.85. The second-order valence-electron chi connectivity index (χ2n) is 7.86. The Kier molecular flexibility index (Phi) is 5.32. The third-order valence-corrected chi connectivity index (χ3v) is 4.72. The van der Waals surface area contributed by atoms with Crippen LogP contribution in [0, 0.1) is 0 Å². The fourth-order valence-corrected chi connectivity index (χ4v) is 2.72. The van der Waals surface area contributed by atoms with Crippen LogP contribution in [0.2, 0.25) is 0 Å². The van der Waals surface area contributed by atoms with Crippen LogP contribution >= 0.6 is 0 Å². The molecule has 5 nitrogen and oxygen atoms in total. The largest absolute Gasteiger partial charge is 0.540 e. The molecule has 1 fully saturated rings. The Morgan fingerprint density at radius 3 is 2.10 bits per heavy atom. The molecule has 0 unspecified atom stereocenters. The van der Waals surface area contributed by atoms with Crippen molar-refractivity contribution in [3.05, 3.63) is 0 Å². The standard InChI is InChI=1S/C16H31NO4/c1-9-16(6,7)21-20-13(18)19-12-10-14(2,3)17(8)15(4,5)11-12/h12H,9-11H2,1-8H3. The minimum Gasteiger partial charge on any atom is -0.429 e. The van der Waals surface area contributed by atoms with Gasteiger partial charge in [-0.05, 0) is 55.0 Å². The normalized spacial score (nSPS) is 22.9. The van der Waals surface area contributed by atoms with Crippen LogP contribution in [-0.2, 0) is 14.5 Å². The molecule has 0 amide bonds. The Hall–Kier alpha value is -0.810. The molecule has 124 valence electrons. The highest BCUT2D eigenvalue weighted by molar-refractivity contribution is 5.59. The van der Waals surface area contributed by atoms with Crippen LogP contribution in [0.3, 0.4) is 0 Å². The molecule has 0 bridgehead atoms. The smallest absolute Gasteiger partial charge is 0.429 e. The van der Waals surface area contributed by atoms with Gasteiger partial charge >= 0.3 is 6.16 Å². The van der Waals surface area contributed by atoms with Crippen molar-refractivity contribution in [1.82, 2.24) is 4.90 Å². The number of ether oxygens (including phenoxy) is 1. The van der Waals surface area contributed by atoms with Gasteiger partial charge in [0.2, 0.25) is 0 Å². The van der Waals surface area contributed by atoms with Crippen LogP contribution in [0.5, 0.6) is 0 Å². The van der Waals surface area contributed by atoms with Gasteiger partial charge in [-0.3, -0.25) is 9.79 Å². The molecular formula is C16H31NO4. The van der Waals surface area contributed by atoms with Gasteiger partial charge in [0.05, 0.1) is 0 Å². The van der Waals surface area contributed by atoms with Crippen molar-refractivity contribution in [2.75, 3.05) is 7.05 Å². The molecule has 0 saturated carbocycles.